The largest absolute Gasteiger partial charge is 0.507 e. The Kier molecular flexibility index (Phi) is 7.01. The highest BCUT2D eigenvalue weighted by molar-refractivity contribution is 7.17. The van der Waals surface area contributed by atoms with Crippen LogP contribution in [0.3, 0.4) is 0 Å². The maximum absolute atomic E-state index is 13.5. The molecule has 0 spiro atoms. The van der Waals surface area contributed by atoms with Gasteiger partial charge in [0.15, 0.2) is 5.13 Å². The normalized spacial score (nSPS) is 17.4. The third-order valence-corrected chi connectivity index (χ3v) is 7.24. The van der Waals surface area contributed by atoms with Gasteiger partial charge in [0.25, 0.3) is 5.78 Å². The Morgan fingerprint density at radius 3 is 2.30 bits per heavy atom. The molecule has 1 aromatic heterocycles. The van der Waals surface area contributed by atoms with E-state index in [9.17, 15) is 23.9 Å². The number of Topliss-reactive ketones (excluding diaryl/α,β-unsaturated/α-hetero) is 1. The summed E-state index contributed by atoms with van der Waals surface area (Å²) in [6.45, 7) is 9.68. The SMILES string of the molecule is CCOC(=O)c1sc(N2C(=O)C(=O)C(=C(O)c3ccc(F)cc3)[C@@H]2c2ccc(C(C)(C)C)cc2)nc1C. The van der Waals surface area contributed by atoms with Crippen molar-refractivity contribution in [3.8, 4) is 0 Å². The van der Waals surface area contributed by atoms with Crippen molar-refractivity contribution in [1.82, 2.24) is 4.98 Å². The van der Waals surface area contributed by atoms with Gasteiger partial charge in [-0.15, -0.1) is 0 Å². The standard InChI is InChI=1S/C28H27FN2O5S/c1-6-36-26(35)24-15(2)30-27(37-24)31-21(16-7-11-18(12-8-16)28(3,4)5)20(23(33)25(31)34)22(32)17-9-13-19(29)14-10-17/h7-14,21,32H,6H2,1-5H3/t21-/m0/s1. The summed E-state index contributed by atoms with van der Waals surface area (Å²) >= 11 is 0.941. The molecule has 0 bridgehead atoms. The number of rotatable bonds is 5. The molecule has 0 unspecified atom stereocenters. The van der Waals surface area contributed by atoms with Crippen molar-refractivity contribution in [2.75, 3.05) is 11.5 Å². The lowest BCUT2D eigenvalue weighted by Gasteiger charge is -2.24. The van der Waals surface area contributed by atoms with Gasteiger partial charge < -0.3 is 9.84 Å². The van der Waals surface area contributed by atoms with Crippen molar-refractivity contribution in [3.05, 3.63) is 87.2 Å². The van der Waals surface area contributed by atoms with E-state index < -0.39 is 35.3 Å². The first-order valence-electron chi connectivity index (χ1n) is 11.8. The minimum atomic E-state index is -1.01. The Morgan fingerprint density at radius 2 is 1.73 bits per heavy atom. The van der Waals surface area contributed by atoms with Crippen LogP contribution in [0.4, 0.5) is 9.52 Å². The molecule has 1 fully saturated rings. The van der Waals surface area contributed by atoms with Gasteiger partial charge in [-0.3, -0.25) is 14.5 Å². The molecule has 7 nitrogen and oxygen atoms in total. The van der Waals surface area contributed by atoms with Crippen LogP contribution < -0.4 is 4.90 Å². The number of ether oxygens (including phenoxy) is 1. The molecule has 1 saturated heterocycles. The second-order valence-electron chi connectivity index (χ2n) is 9.68. The van der Waals surface area contributed by atoms with Crippen LogP contribution >= 0.6 is 11.3 Å². The molecular formula is C28H27FN2O5S. The molecule has 3 aromatic rings. The molecule has 4 rings (SSSR count). The Balaban J connectivity index is 1.91. The summed E-state index contributed by atoms with van der Waals surface area (Å²) in [6.07, 6.45) is 0. The summed E-state index contributed by atoms with van der Waals surface area (Å²) in [6, 6.07) is 11.4. The first-order valence-corrected chi connectivity index (χ1v) is 12.6. The fourth-order valence-electron chi connectivity index (χ4n) is 4.15. The van der Waals surface area contributed by atoms with Gasteiger partial charge in [-0.1, -0.05) is 56.4 Å². The minimum absolute atomic E-state index is 0.130. The zero-order chi connectivity index (χ0) is 27.1. The predicted octanol–water partition coefficient (Wildman–Crippen LogP) is 5.69. The number of carbonyl (C=O) groups excluding carboxylic acids is 3. The molecule has 1 amide bonds. The highest BCUT2D eigenvalue weighted by Crippen LogP contribution is 2.44. The average Bonchev–Trinajstić information content (AvgIpc) is 3.35. The van der Waals surface area contributed by atoms with E-state index in [-0.39, 0.29) is 33.2 Å². The van der Waals surface area contributed by atoms with Gasteiger partial charge in [0.1, 0.15) is 16.5 Å². The van der Waals surface area contributed by atoms with Crippen molar-refractivity contribution in [2.45, 2.75) is 46.1 Å². The Bertz CT molecular complexity index is 1400. The van der Waals surface area contributed by atoms with Crippen LogP contribution in [0, 0.1) is 12.7 Å². The Labute approximate surface area is 218 Å². The summed E-state index contributed by atoms with van der Waals surface area (Å²) < 4.78 is 18.6. The van der Waals surface area contributed by atoms with Crippen LogP contribution in [0.1, 0.15) is 65.8 Å². The van der Waals surface area contributed by atoms with E-state index >= 15 is 0 Å². The lowest BCUT2D eigenvalue weighted by Crippen LogP contribution is -2.29. The number of ketones is 1. The van der Waals surface area contributed by atoms with Gasteiger partial charge in [0.05, 0.1) is 23.9 Å². The fourth-order valence-corrected chi connectivity index (χ4v) is 5.13. The summed E-state index contributed by atoms with van der Waals surface area (Å²) in [4.78, 5) is 44.9. The molecule has 2 aromatic carbocycles. The average molecular weight is 523 g/mol. The third kappa shape index (κ3) is 4.91. The van der Waals surface area contributed by atoms with Crippen molar-refractivity contribution in [2.24, 2.45) is 0 Å². The van der Waals surface area contributed by atoms with Crippen molar-refractivity contribution < 1.29 is 28.6 Å². The molecule has 1 aliphatic rings. The number of benzene rings is 2. The number of carbonyl (C=O) groups is 3. The van der Waals surface area contributed by atoms with Crippen molar-refractivity contribution >= 4 is 39.9 Å². The number of hydrogen-bond donors (Lipinski definition) is 1. The lowest BCUT2D eigenvalue weighted by atomic mass is 9.85. The fraction of sp³-hybridized carbons (Fsp3) is 0.286. The number of hydrogen-bond acceptors (Lipinski definition) is 7. The van der Waals surface area contributed by atoms with E-state index in [0.717, 1.165) is 29.0 Å². The van der Waals surface area contributed by atoms with Crippen LogP contribution in [-0.4, -0.2) is 34.4 Å². The smallest absolute Gasteiger partial charge is 0.350 e. The number of aryl methyl sites for hydroxylation is 1. The zero-order valence-corrected chi connectivity index (χ0v) is 22.0. The van der Waals surface area contributed by atoms with Crippen LogP contribution in [0.2, 0.25) is 0 Å². The molecule has 1 atom stereocenters. The van der Waals surface area contributed by atoms with Crippen molar-refractivity contribution in [3.63, 3.8) is 0 Å². The second-order valence-corrected chi connectivity index (χ2v) is 10.7. The van der Waals surface area contributed by atoms with Gasteiger partial charge in [-0.2, -0.15) is 0 Å². The molecule has 37 heavy (non-hydrogen) atoms. The van der Waals surface area contributed by atoms with Gasteiger partial charge in [-0.05, 0) is 54.7 Å². The summed E-state index contributed by atoms with van der Waals surface area (Å²) in [5, 5.41) is 11.3. The number of nitrogens with zero attached hydrogens (tertiary/aromatic N) is 2. The van der Waals surface area contributed by atoms with Crippen LogP contribution in [0.15, 0.2) is 54.1 Å². The number of halogens is 1. The van der Waals surface area contributed by atoms with Gasteiger partial charge in [-0.25, -0.2) is 14.2 Å². The Morgan fingerprint density at radius 1 is 1.11 bits per heavy atom. The maximum Gasteiger partial charge on any atom is 0.350 e. The number of thiazole rings is 1. The zero-order valence-electron chi connectivity index (χ0n) is 21.2. The predicted molar refractivity (Wildman–Crippen MR) is 139 cm³/mol. The van der Waals surface area contributed by atoms with Gasteiger partial charge >= 0.3 is 11.9 Å². The highest BCUT2D eigenvalue weighted by atomic mass is 32.1. The first-order chi connectivity index (χ1) is 17.4. The maximum atomic E-state index is 13.5. The van der Waals surface area contributed by atoms with E-state index in [1.54, 1.807) is 26.0 Å². The minimum Gasteiger partial charge on any atom is -0.507 e. The van der Waals surface area contributed by atoms with Crippen LogP contribution in [0.25, 0.3) is 5.76 Å². The number of esters is 1. The van der Waals surface area contributed by atoms with Crippen LogP contribution in [0.5, 0.6) is 0 Å². The van der Waals surface area contributed by atoms with E-state index in [0.29, 0.717) is 11.3 Å². The quantitative estimate of drug-likeness (QED) is 0.200. The molecular weight excluding hydrogens is 495 g/mol. The van der Waals surface area contributed by atoms with E-state index in [1.165, 1.54) is 17.0 Å². The molecule has 9 heteroatoms. The molecule has 2 heterocycles. The molecule has 0 radical (unpaired) electrons. The van der Waals surface area contributed by atoms with Crippen molar-refractivity contribution in [1.29, 1.82) is 0 Å². The summed E-state index contributed by atoms with van der Waals surface area (Å²) in [7, 11) is 0. The van der Waals surface area contributed by atoms with Crippen LogP contribution in [-0.2, 0) is 19.7 Å². The number of anilines is 1. The van der Waals surface area contributed by atoms with E-state index in [2.05, 4.69) is 25.8 Å². The number of aliphatic hydroxyl groups excluding tert-OH is 1. The van der Waals surface area contributed by atoms with Gasteiger partial charge in [0.2, 0.25) is 0 Å². The summed E-state index contributed by atoms with van der Waals surface area (Å²) in [5.41, 5.74) is 1.89. The Hall–Kier alpha value is -3.85. The topological polar surface area (TPSA) is 96.8 Å². The first kappa shape index (κ1) is 26.2. The third-order valence-electron chi connectivity index (χ3n) is 6.11. The monoisotopic (exact) mass is 522 g/mol. The highest BCUT2D eigenvalue weighted by Gasteiger charge is 2.48. The molecule has 0 saturated carbocycles. The number of aliphatic hydroxyl groups is 1. The molecule has 0 aliphatic carbocycles. The summed E-state index contributed by atoms with van der Waals surface area (Å²) in [5.74, 6) is -3.30. The number of aromatic nitrogens is 1. The molecule has 192 valence electrons. The second kappa shape index (κ2) is 9.89. The molecule has 1 N–H and O–H groups in total. The van der Waals surface area contributed by atoms with Gasteiger partial charge in [0, 0.05) is 5.56 Å². The molecule has 1 aliphatic heterocycles. The number of amides is 1. The lowest BCUT2D eigenvalue weighted by molar-refractivity contribution is -0.132. The van der Waals surface area contributed by atoms with E-state index in [1.807, 2.05) is 12.1 Å². The van der Waals surface area contributed by atoms with E-state index in [4.69, 9.17) is 4.74 Å².